The Balaban J connectivity index is 1.19. The number of β-amino-alcohol motifs (C(OH)–C–C–N with tert-alkyl or cyclic N) is 1. The van der Waals surface area contributed by atoms with E-state index in [9.17, 15) is 29.7 Å². The third-order valence-electron chi connectivity index (χ3n) is 11.8. The van der Waals surface area contributed by atoms with Gasteiger partial charge in [0.1, 0.15) is 17.7 Å². The average Bonchev–Trinajstić information content (AvgIpc) is 3.48. The molecule has 10 nitrogen and oxygen atoms in total. The molecule has 4 N–H and O–H groups in total. The largest absolute Gasteiger partial charge is 0.480 e. The van der Waals surface area contributed by atoms with Gasteiger partial charge in [0.15, 0.2) is 6.61 Å². The molecular formula is C33H47N3O7. The van der Waals surface area contributed by atoms with Crippen molar-refractivity contribution in [3.63, 3.8) is 0 Å². The van der Waals surface area contributed by atoms with Crippen LogP contribution in [-0.2, 0) is 19.2 Å². The normalized spacial score (nSPS) is 40.1. The molecule has 5 aliphatic rings. The number of allylic oxidation sites excluding steroid dienone is 2. The molecule has 0 aromatic heterocycles. The molecule has 0 aromatic carbocycles. The van der Waals surface area contributed by atoms with Crippen LogP contribution < -0.4 is 5.32 Å². The lowest BCUT2D eigenvalue weighted by Gasteiger charge is -2.58. The highest BCUT2D eigenvalue weighted by molar-refractivity contribution is 5.96. The molecule has 4 fully saturated rings. The van der Waals surface area contributed by atoms with Crippen LogP contribution in [0.3, 0.4) is 0 Å². The van der Waals surface area contributed by atoms with Crippen LogP contribution in [0.2, 0.25) is 0 Å². The number of aliphatic carboxylic acids is 1. The average molecular weight is 598 g/mol. The summed E-state index contributed by atoms with van der Waals surface area (Å²) in [7, 11) is 0. The number of aliphatic hydroxyl groups excluding tert-OH is 1. The van der Waals surface area contributed by atoms with E-state index in [0.717, 1.165) is 55.6 Å². The fourth-order valence-corrected chi connectivity index (χ4v) is 9.27. The summed E-state index contributed by atoms with van der Waals surface area (Å²) in [4.78, 5) is 44.0. The molecule has 1 aliphatic heterocycles. The maximum absolute atomic E-state index is 13.1. The number of fused-ring (bicyclic) bond motifs is 5. The van der Waals surface area contributed by atoms with Crippen LogP contribution in [0.4, 0.5) is 0 Å². The number of carboxylic acid groups (broad SMARTS) is 1. The molecular weight excluding hydrogens is 550 g/mol. The lowest BCUT2D eigenvalue weighted by Crippen LogP contribution is -2.54. The van der Waals surface area contributed by atoms with Gasteiger partial charge >= 0.3 is 5.97 Å². The van der Waals surface area contributed by atoms with E-state index in [1.807, 2.05) is 0 Å². The van der Waals surface area contributed by atoms with Crippen molar-refractivity contribution in [2.24, 2.45) is 39.7 Å². The molecule has 1 heterocycles. The molecule has 3 saturated carbocycles. The molecule has 0 radical (unpaired) electrons. The van der Waals surface area contributed by atoms with Gasteiger partial charge < -0.3 is 30.4 Å². The van der Waals surface area contributed by atoms with Gasteiger partial charge in [-0.3, -0.25) is 9.59 Å². The number of nitrogens with zero attached hydrogens (tertiary/aromatic N) is 2. The molecule has 9 atom stereocenters. The highest BCUT2D eigenvalue weighted by atomic mass is 16.6. The first-order valence-corrected chi connectivity index (χ1v) is 15.8. The Morgan fingerprint density at radius 1 is 1.16 bits per heavy atom. The number of hydrogen-bond donors (Lipinski definition) is 4. The second-order valence-electron chi connectivity index (χ2n) is 14.4. The van der Waals surface area contributed by atoms with Crippen LogP contribution in [0.1, 0.15) is 85.5 Å². The number of hydrogen-bond acceptors (Lipinski definition) is 7. The summed E-state index contributed by atoms with van der Waals surface area (Å²) >= 11 is 0. The fourth-order valence-electron chi connectivity index (χ4n) is 9.27. The molecule has 43 heavy (non-hydrogen) atoms. The fraction of sp³-hybridized carbons (Fsp3) is 0.758. The Kier molecular flexibility index (Phi) is 8.47. The minimum atomic E-state index is -1.18. The number of amides is 2. The summed E-state index contributed by atoms with van der Waals surface area (Å²) < 4.78 is 0. The first-order chi connectivity index (χ1) is 20.2. The highest BCUT2D eigenvalue weighted by Gasteiger charge is 2.63. The van der Waals surface area contributed by atoms with Gasteiger partial charge in [-0.05, 0) is 86.5 Å². The van der Waals surface area contributed by atoms with Gasteiger partial charge in [0, 0.05) is 18.4 Å². The molecule has 4 aliphatic carbocycles. The van der Waals surface area contributed by atoms with E-state index in [1.54, 1.807) is 13.8 Å². The molecule has 1 saturated heterocycles. The standard InChI is InChI=1S/C33H47N3O7/c1-6-33(42)14-11-25-23-8-7-20-15-21(9-12-31(20,4)24(23)10-13-32(25,33)5)35-43-18-27(38)34-28(19(2)3)29(39)36-17-22(37)16-26(36)30(40)41/h1,15,19,22-26,28,37,42H,7-14,16-18H2,2-5H3,(H,34,38)(H,40,41)/t22-,23-,24-,25-,26+,28+,31+,32+,33-/m1/s1. The zero-order chi connectivity index (χ0) is 31.3. The zero-order valence-electron chi connectivity index (χ0n) is 25.8. The summed E-state index contributed by atoms with van der Waals surface area (Å²) in [6.45, 7) is 7.66. The third-order valence-corrected chi connectivity index (χ3v) is 11.8. The molecule has 0 aromatic rings. The summed E-state index contributed by atoms with van der Waals surface area (Å²) in [5, 5.41) is 37.6. The summed E-state index contributed by atoms with van der Waals surface area (Å²) in [6.07, 6.45) is 14.4. The number of terminal acetylenes is 1. The van der Waals surface area contributed by atoms with E-state index in [-0.39, 0.29) is 36.3 Å². The molecule has 2 amide bonds. The molecule has 236 valence electrons. The van der Waals surface area contributed by atoms with Crippen molar-refractivity contribution in [1.82, 2.24) is 10.2 Å². The van der Waals surface area contributed by atoms with Crippen molar-refractivity contribution >= 4 is 23.5 Å². The van der Waals surface area contributed by atoms with Crippen molar-refractivity contribution in [3.8, 4) is 12.3 Å². The van der Waals surface area contributed by atoms with Crippen molar-refractivity contribution in [2.75, 3.05) is 13.2 Å². The van der Waals surface area contributed by atoms with Gasteiger partial charge in [0.05, 0.1) is 11.8 Å². The predicted octanol–water partition coefficient (Wildman–Crippen LogP) is 2.87. The number of likely N-dealkylation sites (tertiary alicyclic amines) is 1. The number of carbonyl (C=O) groups excluding carboxylic acids is 2. The lowest BCUT2D eigenvalue weighted by molar-refractivity contribution is -0.150. The highest BCUT2D eigenvalue weighted by Crippen LogP contribution is 2.67. The Bertz CT molecular complexity index is 1260. The van der Waals surface area contributed by atoms with Crippen LogP contribution in [0.15, 0.2) is 16.8 Å². The number of nitrogens with one attached hydrogen (secondary N) is 1. The molecule has 5 rings (SSSR count). The molecule has 0 spiro atoms. The van der Waals surface area contributed by atoms with Crippen molar-refractivity contribution < 1.29 is 34.5 Å². The van der Waals surface area contributed by atoms with E-state index in [4.69, 9.17) is 11.3 Å². The van der Waals surface area contributed by atoms with Crippen molar-refractivity contribution in [2.45, 2.75) is 109 Å². The van der Waals surface area contributed by atoms with Crippen LogP contribution in [0, 0.1) is 46.8 Å². The van der Waals surface area contributed by atoms with Gasteiger partial charge in [0.25, 0.3) is 5.91 Å². The van der Waals surface area contributed by atoms with Crippen LogP contribution in [-0.4, -0.2) is 80.7 Å². The molecule has 10 heteroatoms. The predicted molar refractivity (Wildman–Crippen MR) is 159 cm³/mol. The van der Waals surface area contributed by atoms with Gasteiger partial charge in [-0.25, -0.2) is 4.79 Å². The van der Waals surface area contributed by atoms with Gasteiger partial charge in [0.2, 0.25) is 5.91 Å². The minimum absolute atomic E-state index is 0.0362. The van der Waals surface area contributed by atoms with Gasteiger partial charge in [-0.2, -0.15) is 0 Å². The smallest absolute Gasteiger partial charge is 0.326 e. The SMILES string of the molecule is C#C[C@@]1(O)CC[C@@H]2[C@@H]3CCC4=CC(=NOCC(=O)N[C@H](C(=O)N5C[C@H](O)C[C@H]5C(=O)O)C(C)C)CC[C@]4(C)[C@@H]3CC[C@@]21C. The Morgan fingerprint density at radius 2 is 1.88 bits per heavy atom. The van der Waals surface area contributed by atoms with E-state index in [2.05, 4.69) is 36.3 Å². The molecule has 0 bridgehead atoms. The van der Waals surface area contributed by atoms with Crippen LogP contribution in [0.5, 0.6) is 0 Å². The lowest BCUT2D eigenvalue weighted by atomic mass is 9.46. The Hall–Kier alpha value is -2.90. The zero-order valence-corrected chi connectivity index (χ0v) is 25.8. The quantitative estimate of drug-likeness (QED) is 0.261. The minimum Gasteiger partial charge on any atom is -0.480 e. The maximum Gasteiger partial charge on any atom is 0.326 e. The Morgan fingerprint density at radius 3 is 2.56 bits per heavy atom. The first kappa shape index (κ1) is 31.5. The number of aliphatic hydroxyl groups is 2. The summed E-state index contributed by atoms with van der Waals surface area (Å²) in [6, 6.07) is -2.07. The summed E-state index contributed by atoms with van der Waals surface area (Å²) in [5.41, 5.74) is 1.03. The molecule has 0 unspecified atom stereocenters. The number of carbonyl (C=O) groups is 3. The van der Waals surface area contributed by atoms with Gasteiger partial charge in [-0.1, -0.05) is 44.3 Å². The Labute approximate surface area is 254 Å². The van der Waals surface area contributed by atoms with E-state index < -0.39 is 41.6 Å². The number of rotatable bonds is 7. The van der Waals surface area contributed by atoms with Crippen molar-refractivity contribution in [1.29, 1.82) is 0 Å². The van der Waals surface area contributed by atoms with Gasteiger partial charge in [-0.15, -0.1) is 6.42 Å². The van der Waals surface area contributed by atoms with E-state index in [1.165, 1.54) is 5.57 Å². The maximum atomic E-state index is 13.1. The third kappa shape index (κ3) is 5.37. The van der Waals surface area contributed by atoms with E-state index in [0.29, 0.717) is 24.2 Å². The van der Waals surface area contributed by atoms with Crippen molar-refractivity contribution in [3.05, 3.63) is 11.6 Å². The topological polar surface area (TPSA) is 149 Å². The van der Waals surface area contributed by atoms with Crippen LogP contribution in [0.25, 0.3) is 0 Å². The number of carboxylic acids is 1. The summed E-state index contributed by atoms with van der Waals surface area (Å²) in [5.74, 6) is 1.75. The number of oxime groups is 1. The first-order valence-electron chi connectivity index (χ1n) is 15.8. The monoisotopic (exact) mass is 597 g/mol. The van der Waals surface area contributed by atoms with E-state index >= 15 is 0 Å². The second-order valence-corrected chi connectivity index (χ2v) is 14.4. The van der Waals surface area contributed by atoms with Crippen LogP contribution >= 0.6 is 0 Å². The second kappa shape index (κ2) is 11.6.